The van der Waals surface area contributed by atoms with E-state index in [2.05, 4.69) is 5.32 Å². The summed E-state index contributed by atoms with van der Waals surface area (Å²) in [6.07, 6.45) is 0.181. The minimum Gasteiger partial charge on any atom is -0.465 e. The molecule has 1 heterocycles. The molecule has 5 nitrogen and oxygen atoms in total. The van der Waals surface area contributed by atoms with Gasteiger partial charge in [-0.15, -0.1) is 0 Å². The summed E-state index contributed by atoms with van der Waals surface area (Å²) < 4.78 is 9.50. The second kappa shape index (κ2) is 4.86. The largest absolute Gasteiger partial charge is 0.465 e. The monoisotopic (exact) mass is 235 g/mol. The molecule has 0 spiro atoms. The van der Waals surface area contributed by atoms with Crippen molar-refractivity contribution in [3.8, 4) is 0 Å². The summed E-state index contributed by atoms with van der Waals surface area (Å²) in [5.41, 5.74) is 1.23. The van der Waals surface area contributed by atoms with Crippen molar-refractivity contribution in [1.29, 1.82) is 0 Å². The van der Waals surface area contributed by atoms with Crippen LogP contribution in [0.2, 0.25) is 0 Å². The van der Waals surface area contributed by atoms with Gasteiger partial charge in [0, 0.05) is 6.42 Å². The number of hydrogen-bond donors (Lipinski definition) is 1. The van der Waals surface area contributed by atoms with Gasteiger partial charge in [0.1, 0.15) is 0 Å². The van der Waals surface area contributed by atoms with Crippen molar-refractivity contribution in [3.63, 3.8) is 0 Å². The average Bonchev–Trinajstić information content (AvgIpc) is 2.38. The molecule has 0 saturated carbocycles. The molecule has 0 aromatic heterocycles. The van der Waals surface area contributed by atoms with Crippen LogP contribution in [0.15, 0.2) is 24.3 Å². The molecule has 1 N–H and O–H groups in total. The van der Waals surface area contributed by atoms with E-state index in [0.29, 0.717) is 18.6 Å². The van der Waals surface area contributed by atoms with Gasteiger partial charge >= 0.3 is 12.1 Å². The molecule has 90 valence electrons. The van der Waals surface area contributed by atoms with Crippen molar-refractivity contribution in [2.75, 3.05) is 13.7 Å². The van der Waals surface area contributed by atoms with Crippen molar-refractivity contribution < 1.29 is 19.1 Å². The van der Waals surface area contributed by atoms with Gasteiger partial charge in [-0.2, -0.15) is 0 Å². The Morgan fingerprint density at radius 3 is 2.94 bits per heavy atom. The molecule has 1 aliphatic heterocycles. The summed E-state index contributed by atoms with van der Waals surface area (Å²) in [7, 11) is 1.33. The van der Waals surface area contributed by atoms with E-state index in [1.165, 1.54) is 7.11 Å². The summed E-state index contributed by atoms with van der Waals surface area (Å²) in [6.45, 7) is 0.353. The van der Waals surface area contributed by atoms with E-state index in [0.717, 1.165) is 5.56 Å². The van der Waals surface area contributed by atoms with Gasteiger partial charge in [0.05, 0.1) is 25.3 Å². The van der Waals surface area contributed by atoms with Crippen molar-refractivity contribution in [2.45, 2.75) is 12.5 Å². The number of cyclic esters (lactones) is 1. The highest BCUT2D eigenvalue weighted by Crippen LogP contribution is 2.24. The lowest BCUT2D eigenvalue weighted by Gasteiger charge is -2.24. The van der Waals surface area contributed by atoms with Gasteiger partial charge in [0.2, 0.25) is 0 Å². The van der Waals surface area contributed by atoms with E-state index in [4.69, 9.17) is 9.47 Å². The fourth-order valence-electron chi connectivity index (χ4n) is 1.86. The van der Waals surface area contributed by atoms with Gasteiger partial charge in [0.15, 0.2) is 0 Å². The molecular formula is C12H13NO4. The lowest BCUT2D eigenvalue weighted by molar-refractivity contribution is 0.0596. The van der Waals surface area contributed by atoms with Gasteiger partial charge in [-0.3, -0.25) is 0 Å². The number of methoxy groups -OCH3 is 1. The normalized spacial score (nSPS) is 19.1. The zero-order valence-corrected chi connectivity index (χ0v) is 9.43. The summed E-state index contributed by atoms with van der Waals surface area (Å²) in [4.78, 5) is 22.7. The smallest absolute Gasteiger partial charge is 0.407 e. The maximum Gasteiger partial charge on any atom is 0.407 e. The fraction of sp³-hybridized carbons (Fsp3) is 0.333. The summed E-state index contributed by atoms with van der Waals surface area (Å²) >= 11 is 0. The van der Waals surface area contributed by atoms with Gasteiger partial charge in [-0.1, -0.05) is 18.2 Å². The molecule has 0 bridgehead atoms. The third-order valence-corrected chi connectivity index (χ3v) is 2.67. The standard InChI is InChI=1S/C12H13NO4/c1-16-11(14)9-5-3-2-4-8(9)10-6-7-17-12(15)13-10/h2-5,10H,6-7H2,1H3,(H,13,15)/t10-/m1/s1. The Hall–Kier alpha value is -2.04. The molecule has 1 atom stereocenters. The molecule has 17 heavy (non-hydrogen) atoms. The molecule has 1 saturated heterocycles. The molecule has 0 unspecified atom stereocenters. The Morgan fingerprint density at radius 2 is 2.24 bits per heavy atom. The number of rotatable bonds is 2. The second-order valence-electron chi connectivity index (χ2n) is 3.70. The number of benzene rings is 1. The zero-order chi connectivity index (χ0) is 12.3. The fourth-order valence-corrected chi connectivity index (χ4v) is 1.86. The van der Waals surface area contributed by atoms with Crippen molar-refractivity contribution >= 4 is 12.1 Å². The first-order valence-corrected chi connectivity index (χ1v) is 5.33. The van der Waals surface area contributed by atoms with E-state index in [1.54, 1.807) is 12.1 Å². The van der Waals surface area contributed by atoms with Crippen molar-refractivity contribution in [2.24, 2.45) is 0 Å². The van der Waals surface area contributed by atoms with Crippen LogP contribution < -0.4 is 5.32 Å². The Labute approximate surface area is 98.7 Å². The Balaban J connectivity index is 2.30. The third-order valence-electron chi connectivity index (χ3n) is 2.67. The molecule has 0 radical (unpaired) electrons. The van der Waals surface area contributed by atoms with E-state index < -0.39 is 12.1 Å². The molecule has 1 amide bonds. The van der Waals surface area contributed by atoms with Crippen LogP contribution >= 0.6 is 0 Å². The van der Waals surface area contributed by atoms with Crippen LogP contribution in [-0.2, 0) is 9.47 Å². The van der Waals surface area contributed by atoms with Crippen LogP contribution in [-0.4, -0.2) is 25.8 Å². The average molecular weight is 235 g/mol. The second-order valence-corrected chi connectivity index (χ2v) is 3.70. The van der Waals surface area contributed by atoms with Gasteiger partial charge in [-0.25, -0.2) is 9.59 Å². The van der Waals surface area contributed by atoms with Crippen LogP contribution in [0.25, 0.3) is 0 Å². The SMILES string of the molecule is COC(=O)c1ccccc1[C@H]1CCOC(=O)N1. The number of alkyl carbamates (subject to hydrolysis) is 1. The van der Waals surface area contributed by atoms with Crippen molar-refractivity contribution in [3.05, 3.63) is 35.4 Å². The number of hydrogen-bond acceptors (Lipinski definition) is 4. The molecule has 1 aromatic carbocycles. The third kappa shape index (κ3) is 2.38. The van der Waals surface area contributed by atoms with Gasteiger partial charge in [-0.05, 0) is 11.6 Å². The molecule has 0 aliphatic carbocycles. The number of carbonyl (C=O) groups excluding carboxylic acids is 2. The highest BCUT2D eigenvalue weighted by Gasteiger charge is 2.24. The van der Waals surface area contributed by atoms with Crippen LogP contribution in [0.3, 0.4) is 0 Å². The summed E-state index contributed by atoms with van der Waals surface area (Å²) in [6, 6.07) is 6.87. The topological polar surface area (TPSA) is 64.6 Å². The number of ether oxygens (including phenoxy) is 2. The summed E-state index contributed by atoms with van der Waals surface area (Å²) in [5, 5.41) is 2.68. The summed E-state index contributed by atoms with van der Waals surface area (Å²) in [5.74, 6) is -0.402. The predicted molar refractivity (Wildman–Crippen MR) is 59.6 cm³/mol. The molecule has 2 rings (SSSR count). The van der Waals surface area contributed by atoms with Crippen LogP contribution in [0.4, 0.5) is 4.79 Å². The highest BCUT2D eigenvalue weighted by atomic mass is 16.6. The van der Waals surface area contributed by atoms with Gasteiger partial charge in [0.25, 0.3) is 0 Å². The van der Waals surface area contributed by atoms with E-state index in [1.807, 2.05) is 12.1 Å². The van der Waals surface area contributed by atoms with Crippen LogP contribution in [0, 0.1) is 0 Å². The van der Waals surface area contributed by atoms with E-state index in [-0.39, 0.29) is 6.04 Å². The Bertz CT molecular complexity index is 444. The lowest BCUT2D eigenvalue weighted by atomic mass is 9.98. The lowest BCUT2D eigenvalue weighted by Crippen LogP contribution is -2.36. The predicted octanol–water partition coefficient (Wildman–Crippen LogP) is 1.64. The maximum absolute atomic E-state index is 11.6. The first-order chi connectivity index (χ1) is 8.22. The molecule has 5 heteroatoms. The molecule has 1 aliphatic rings. The molecule has 1 fully saturated rings. The minimum absolute atomic E-state index is 0.202. The number of esters is 1. The Morgan fingerprint density at radius 1 is 1.47 bits per heavy atom. The highest BCUT2D eigenvalue weighted by molar-refractivity contribution is 5.91. The number of amides is 1. The van der Waals surface area contributed by atoms with E-state index in [9.17, 15) is 9.59 Å². The van der Waals surface area contributed by atoms with Gasteiger partial charge < -0.3 is 14.8 Å². The Kier molecular flexibility index (Phi) is 3.27. The first-order valence-electron chi connectivity index (χ1n) is 5.33. The van der Waals surface area contributed by atoms with E-state index >= 15 is 0 Å². The number of nitrogens with one attached hydrogen (secondary N) is 1. The zero-order valence-electron chi connectivity index (χ0n) is 9.43. The first kappa shape index (κ1) is 11.4. The van der Waals surface area contributed by atoms with Crippen LogP contribution in [0.5, 0.6) is 0 Å². The van der Waals surface area contributed by atoms with Crippen LogP contribution in [0.1, 0.15) is 28.4 Å². The number of carbonyl (C=O) groups is 2. The quantitative estimate of drug-likeness (QED) is 0.791. The molecule has 1 aromatic rings. The van der Waals surface area contributed by atoms with Crippen molar-refractivity contribution in [1.82, 2.24) is 5.32 Å². The molecular weight excluding hydrogens is 222 g/mol. The minimum atomic E-state index is -0.457. The maximum atomic E-state index is 11.6.